The number of carboxylic acid groups (broad SMARTS) is 1. The number of aromatic nitrogens is 1. The third-order valence-electron chi connectivity index (χ3n) is 1.38. The van der Waals surface area contributed by atoms with Gasteiger partial charge in [-0.3, -0.25) is 0 Å². The molecule has 0 aliphatic rings. The van der Waals surface area contributed by atoms with Gasteiger partial charge >= 0.3 is 5.97 Å². The normalized spacial score (nSPS) is 12.2. The van der Waals surface area contributed by atoms with E-state index in [9.17, 15) is 4.79 Å². The molecule has 70 valence electrons. The van der Waals surface area contributed by atoms with Crippen molar-refractivity contribution in [3.8, 4) is 5.75 Å². The summed E-state index contributed by atoms with van der Waals surface area (Å²) in [5.74, 6) is -0.576. The van der Waals surface area contributed by atoms with Crippen molar-refractivity contribution in [1.82, 2.24) is 4.98 Å². The maximum atomic E-state index is 10.5. The zero-order valence-electron chi connectivity index (χ0n) is 6.90. The van der Waals surface area contributed by atoms with Crippen molar-refractivity contribution in [1.29, 1.82) is 0 Å². The topological polar surface area (TPSA) is 59.4 Å². The summed E-state index contributed by atoms with van der Waals surface area (Å²) >= 11 is 3.14. The third-order valence-corrected chi connectivity index (χ3v) is 1.97. The molecular weight excluding hydrogens is 238 g/mol. The number of hydrogen-bond donors (Lipinski definition) is 1. The number of halogens is 1. The van der Waals surface area contributed by atoms with Crippen LogP contribution in [0, 0.1) is 0 Å². The van der Waals surface area contributed by atoms with Gasteiger partial charge in [-0.2, -0.15) is 0 Å². The summed E-state index contributed by atoms with van der Waals surface area (Å²) in [5, 5.41) is 8.57. The standard InChI is InChI=1S/C8H8BrNO3/c1-5(8(11)12)13-6-3-2-4-10-7(6)9/h2-5H,1H3,(H,11,12)/t5-/m0/s1. The second-order valence-electron chi connectivity index (χ2n) is 2.39. The zero-order chi connectivity index (χ0) is 9.84. The van der Waals surface area contributed by atoms with Gasteiger partial charge in [0.2, 0.25) is 0 Å². The van der Waals surface area contributed by atoms with Crippen molar-refractivity contribution in [3.63, 3.8) is 0 Å². The molecule has 5 heteroatoms. The minimum absolute atomic E-state index is 0.428. The predicted octanol–water partition coefficient (Wildman–Crippen LogP) is 1.70. The molecule has 0 aromatic carbocycles. The Morgan fingerprint density at radius 1 is 1.77 bits per heavy atom. The molecule has 1 aromatic rings. The number of pyridine rings is 1. The first kappa shape index (κ1) is 9.98. The summed E-state index contributed by atoms with van der Waals surface area (Å²) in [5.41, 5.74) is 0. The van der Waals surface area contributed by atoms with Crippen molar-refractivity contribution in [2.24, 2.45) is 0 Å². The van der Waals surface area contributed by atoms with E-state index in [4.69, 9.17) is 9.84 Å². The fourth-order valence-corrected chi connectivity index (χ4v) is 1.04. The molecule has 0 unspecified atom stereocenters. The lowest BCUT2D eigenvalue weighted by Gasteiger charge is -2.10. The van der Waals surface area contributed by atoms with Gasteiger partial charge in [-0.15, -0.1) is 0 Å². The molecule has 4 nitrogen and oxygen atoms in total. The molecule has 1 rings (SSSR count). The lowest BCUT2D eigenvalue weighted by molar-refractivity contribution is -0.144. The van der Waals surface area contributed by atoms with Crippen LogP contribution in [0.4, 0.5) is 0 Å². The van der Waals surface area contributed by atoms with Crippen LogP contribution in [0.2, 0.25) is 0 Å². The lowest BCUT2D eigenvalue weighted by Crippen LogP contribution is -2.23. The Hall–Kier alpha value is -1.10. The van der Waals surface area contributed by atoms with E-state index in [2.05, 4.69) is 20.9 Å². The van der Waals surface area contributed by atoms with Crippen molar-refractivity contribution >= 4 is 21.9 Å². The van der Waals surface area contributed by atoms with Crippen LogP contribution in [0.25, 0.3) is 0 Å². The summed E-state index contributed by atoms with van der Waals surface area (Å²) in [6.07, 6.45) is 0.711. The fraction of sp³-hybridized carbons (Fsp3) is 0.250. The van der Waals surface area contributed by atoms with Gasteiger partial charge in [0.1, 0.15) is 4.60 Å². The van der Waals surface area contributed by atoms with E-state index < -0.39 is 12.1 Å². The van der Waals surface area contributed by atoms with E-state index in [1.54, 1.807) is 18.3 Å². The first-order valence-electron chi connectivity index (χ1n) is 3.61. The third kappa shape index (κ3) is 2.69. The molecule has 1 heterocycles. The van der Waals surface area contributed by atoms with E-state index in [1.807, 2.05) is 0 Å². The Balaban J connectivity index is 2.74. The summed E-state index contributed by atoms with van der Waals surface area (Å²) in [7, 11) is 0. The van der Waals surface area contributed by atoms with Gasteiger partial charge < -0.3 is 9.84 Å². The van der Waals surface area contributed by atoms with Gasteiger partial charge in [-0.05, 0) is 35.0 Å². The summed E-state index contributed by atoms with van der Waals surface area (Å²) in [6.45, 7) is 1.46. The van der Waals surface area contributed by atoms with Crippen molar-refractivity contribution in [2.75, 3.05) is 0 Å². The van der Waals surface area contributed by atoms with Crippen LogP contribution >= 0.6 is 15.9 Å². The Morgan fingerprint density at radius 2 is 2.46 bits per heavy atom. The highest BCUT2D eigenvalue weighted by Gasteiger charge is 2.13. The lowest BCUT2D eigenvalue weighted by atomic mass is 10.4. The van der Waals surface area contributed by atoms with E-state index >= 15 is 0 Å². The predicted molar refractivity (Wildman–Crippen MR) is 49.7 cm³/mol. The molecule has 0 spiro atoms. The minimum atomic E-state index is -1.00. The van der Waals surface area contributed by atoms with E-state index in [-0.39, 0.29) is 0 Å². The van der Waals surface area contributed by atoms with Crippen LogP contribution < -0.4 is 4.74 Å². The van der Waals surface area contributed by atoms with Gasteiger partial charge in [0.25, 0.3) is 0 Å². The Kier molecular flexibility index (Phi) is 3.25. The van der Waals surface area contributed by atoms with E-state index in [0.717, 1.165) is 0 Å². The van der Waals surface area contributed by atoms with Crippen LogP contribution in [-0.2, 0) is 4.79 Å². The minimum Gasteiger partial charge on any atom is -0.479 e. The Bertz CT molecular complexity index is 316. The second-order valence-corrected chi connectivity index (χ2v) is 3.14. The summed E-state index contributed by atoms with van der Waals surface area (Å²) < 4.78 is 5.60. The Morgan fingerprint density at radius 3 is 3.00 bits per heavy atom. The molecule has 0 saturated carbocycles. The molecule has 0 radical (unpaired) electrons. The van der Waals surface area contributed by atoms with Crippen LogP contribution in [0.1, 0.15) is 6.92 Å². The molecule has 1 N–H and O–H groups in total. The number of rotatable bonds is 3. The molecular formula is C8H8BrNO3. The average molecular weight is 246 g/mol. The van der Waals surface area contributed by atoms with Crippen LogP contribution in [0.5, 0.6) is 5.75 Å². The summed E-state index contributed by atoms with van der Waals surface area (Å²) in [4.78, 5) is 14.3. The number of carboxylic acids is 1. The number of ether oxygens (including phenoxy) is 1. The van der Waals surface area contributed by atoms with Crippen LogP contribution in [0.3, 0.4) is 0 Å². The molecule has 0 amide bonds. The highest BCUT2D eigenvalue weighted by molar-refractivity contribution is 9.10. The van der Waals surface area contributed by atoms with Gasteiger partial charge in [-0.25, -0.2) is 9.78 Å². The molecule has 0 fully saturated rings. The van der Waals surface area contributed by atoms with Gasteiger partial charge in [0.05, 0.1) is 0 Å². The maximum absolute atomic E-state index is 10.5. The van der Waals surface area contributed by atoms with Crippen LogP contribution in [-0.4, -0.2) is 22.2 Å². The molecule has 0 bridgehead atoms. The van der Waals surface area contributed by atoms with Gasteiger partial charge in [0.15, 0.2) is 11.9 Å². The van der Waals surface area contributed by atoms with Gasteiger partial charge in [0, 0.05) is 6.20 Å². The highest BCUT2D eigenvalue weighted by atomic mass is 79.9. The first-order chi connectivity index (χ1) is 6.11. The SMILES string of the molecule is C[C@H](Oc1cccnc1Br)C(=O)O. The smallest absolute Gasteiger partial charge is 0.344 e. The fourth-order valence-electron chi connectivity index (χ4n) is 0.700. The maximum Gasteiger partial charge on any atom is 0.344 e. The zero-order valence-corrected chi connectivity index (χ0v) is 8.48. The van der Waals surface area contributed by atoms with E-state index in [0.29, 0.717) is 10.4 Å². The van der Waals surface area contributed by atoms with Gasteiger partial charge in [-0.1, -0.05) is 0 Å². The van der Waals surface area contributed by atoms with Crippen molar-refractivity contribution in [2.45, 2.75) is 13.0 Å². The van der Waals surface area contributed by atoms with Crippen molar-refractivity contribution in [3.05, 3.63) is 22.9 Å². The second kappa shape index (κ2) is 4.23. The molecule has 1 atom stereocenters. The molecule has 0 aliphatic carbocycles. The molecule has 13 heavy (non-hydrogen) atoms. The highest BCUT2D eigenvalue weighted by Crippen LogP contribution is 2.22. The largest absolute Gasteiger partial charge is 0.479 e. The number of carbonyl (C=O) groups is 1. The Labute approximate surface area is 83.7 Å². The summed E-state index contributed by atoms with van der Waals surface area (Å²) in [6, 6.07) is 3.32. The van der Waals surface area contributed by atoms with Crippen LogP contribution in [0.15, 0.2) is 22.9 Å². The quantitative estimate of drug-likeness (QED) is 0.824. The number of hydrogen-bond acceptors (Lipinski definition) is 3. The molecule has 1 aromatic heterocycles. The number of nitrogens with zero attached hydrogens (tertiary/aromatic N) is 1. The first-order valence-corrected chi connectivity index (χ1v) is 4.40. The van der Waals surface area contributed by atoms with E-state index in [1.165, 1.54) is 6.92 Å². The monoisotopic (exact) mass is 245 g/mol. The van der Waals surface area contributed by atoms with Crippen molar-refractivity contribution < 1.29 is 14.6 Å². The number of aliphatic carboxylic acids is 1. The average Bonchev–Trinajstić information content (AvgIpc) is 2.08. The molecule has 0 aliphatic heterocycles. The molecule has 0 saturated heterocycles.